The van der Waals surface area contributed by atoms with Gasteiger partial charge in [0.15, 0.2) is 5.69 Å². The van der Waals surface area contributed by atoms with Gasteiger partial charge in [-0.1, -0.05) is 170 Å². The van der Waals surface area contributed by atoms with Crippen LogP contribution in [0.5, 0.6) is 0 Å². The lowest BCUT2D eigenvalue weighted by Crippen LogP contribution is -2.20. The molecule has 9 rings (SSSR count). The number of halogens is 3. The molecule has 73 heavy (non-hydrogen) atoms. The van der Waals surface area contributed by atoms with Crippen LogP contribution in [0.15, 0.2) is 24.5 Å². The van der Waals surface area contributed by atoms with E-state index in [2.05, 4.69) is 43.6 Å². The number of aromatic nitrogens is 8. The third-order valence-corrected chi connectivity index (χ3v) is 15.5. The van der Waals surface area contributed by atoms with E-state index in [4.69, 9.17) is 0 Å². The number of alkyl halides is 3. The molecular weight excluding hydrogens is 922 g/mol. The summed E-state index contributed by atoms with van der Waals surface area (Å²) >= 11 is 0. The maximum absolute atomic E-state index is 13.0. The van der Waals surface area contributed by atoms with Crippen LogP contribution in [0.2, 0.25) is 0 Å². The Hall–Kier alpha value is -4.29. The highest BCUT2D eigenvalue weighted by Crippen LogP contribution is 2.44. The van der Waals surface area contributed by atoms with Crippen LogP contribution < -0.4 is 0 Å². The molecular formula is C60H95F3N8O2. The molecule has 0 N–H and O–H groups in total. The molecule has 0 saturated heterocycles. The zero-order valence-corrected chi connectivity index (χ0v) is 47.0. The normalized spacial score (nSPS) is 17.7. The largest absolute Gasteiger partial charge is 0.435 e. The molecule has 5 aliphatic rings. The second-order valence-electron chi connectivity index (χ2n) is 21.1. The molecule has 0 atom stereocenters. The van der Waals surface area contributed by atoms with Gasteiger partial charge in [-0.3, -0.25) is 19.0 Å². The van der Waals surface area contributed by atoms with Gasteiger partial charge in [0.25, 0.3) is 0 Å². The molecule has 408 valence electrons. The lowest BCUT2D eigenvalue weighted by molar-refractivity contribution is -0.141. The Morgan fingerprint density at radius 1 is 0.521 bits per heavy atom. The minimum atomic E-state index is -4.56. The quantitative estimate of drug-likeness (QED) is 0.130. The lowest BCUT2D eigenvalue weighted by Gasteiger charge is -2.32. The van der Waals surface area contributed by atoms with E-state index in [0.29, 0.717) is 55.7 Å². The predicted octanol–water partition coefficient (Wildman–Crippen LogP) is 16.4. The molecule has 4 aromatic rings. The molecule has 0 aromatic carbocycles. The molecule has 4 heterocycles. The molecule has 0 unspecified atom stereocenters. The van der Waals surface area contributed by atoms with Crippen molar-refractivity contribution in [1.29, 1.82) is 0 Å². The van der Waals surface area contributed by atoms with Gasteiger partial charge in [0.05, 0.1) is 34.0 Å². The van der Waals surface area contributed by atoms with E-state index in [1.807, 2.05) is 52.5 Å². The van der Waals surface area contributed by atoms with Gasteiger partial charge in [0.1, 0.15) is 11.6 Å². The maximum atomic E-state index is 13.0. The van der Waals surface area contributed by atoms with Crippen molar-refractivity contribution in [3.8, 4) is 22.5 Å². The first-order valence-electron chi connectivity index (χ1n) is 29.1. The third kappa shape index (κ3) is 20.1. The van der Waals surface area contributed by atoms with Crippen LogP contribution in [0.1, 0.15) is 248 Å². The molecule has 4 aromatic heterocycles. The second kappa shape index (κ2) is 32.2. The molecule has 5 fully saturated rings. The van der Waals surface area contributed by atoms with Gasteiger partial charge in [-0.15, -0.1) is 10.2 Å². The van der Waals surface area contributed by atoms with Crippen molar-refractivity contribution in [2.75, 3.05) is 0 Å². The first-order valence-corrected chi connectivity index (χ1v) is 29.1. The number of rotatable bonds is 13. The van der Waals surface area contributed by atoms with E-state index in [1.165, 1.54) is 103 Å². The van der Waals surface area contributed by atoms with Gasteiger partial charge in [-0.2, -0.15) is 33.6 Å². The highest BCUT2D eigenvalue weighted by atomic mass is 19.4. The molecule has 0 radical (unpaired) electrons. The number of hydrogen-bond donors (Lipinski definition) is 0. The Bertz CT molecular complexity index is 2140. The van der Waals surface area contributed by atoms with Crippen molar-refractivity contribution in [3.05, 3.63) is 58.4 Å². The van der Waals surface area contributed by atoms with Crippen LogP contribution in [-0.4, -0.2) is 51.5 Å². The van der Waals surface area contributed by atoms with E-state index >= 15 is 0 Å². The Morgan fingerprint density at radius 3 is 1.19 bits per heavy atom. The minimum Gasteiger partial charge on any atom is -0.300 e. The zero-order chi connectivity index (χ0) is 53.3. The maximum Gasteiger partial charge on any atom is 0.435 e. The van der Waals surface area contributed by atoms with Crippen molar-refractivity contribution in [2.24, 2.45) is 37.8 Å². The fourth-order valence-corrected chi connectivity index (χ4v) is 11.4. The Labute approximate surface area is 438 Å². The van der Waals surface area contributed by atoms with Crippen molar-refractivity contribution in [2.45, 2.75) is 247 Å². The fraction of sp³-hybridized carbons (Fsp3) is 0.733. The van der Waals surface area contributed by atoms with Crippen molar-refractivity contribution in [1.82, 2.24) is 40.0 Å². The Balaban J connectivity index is 0.000000214. The number of carbonyl (C=O) groups excluding carboxylic acids is 2. The topological polar surface area (TPSA) is 121 Å². The summed E-state index contributed by atoms with van der Waals surface area (Å²) < 4.78 is 42.1. The second-order valence-corrected chi connectivity index (χ2v) is 21.1. The summed E-state index contributed by atoms with van der Waals surface area (Å²) in [4.78, 5) is 22.8. The fourth-order valence-electron chi connectivity index (χ4n) is 11.4. The summed E-state index contributed by atoms with van der Waals surface area (Å²) in [6.07, 6.45) is 35.0. The molecule has 5 aliphatic carbocycles. The van der Waals surface area contributed by atoms with Gasteiger partial charge in [0.2, 0.25) is 0 Å². The SMILES string of the molecule is C1CCC(C2CCCCC2)CC1.C1CCC(C2CCCCC2)CC1.CC.CC.CCC(=O)CCc1cc(C)c(-c2cn(C)nc2C(F)(F)F)nn1.CCC(=O)CCc1cc(C)c(-c2cn(C)nc2C2CC2)nn1. The van der Waals surface area contributed by atoms with Crippen LogP contribution >= 0.6 is 0 Å². The lowest BCUT2D eigenvalue weighted by atomic mass is 9.73. The summed E-state index contributed by atoms with van der Waals surface area (Å²) in [6, 6.07) is 3.72. The van der Waals surface area contributed by atoms with Crippen LogP contribution in [0, 0.1) is 37.5 Å². The van der Waals surface area contributed by atoms with Gasteiger partial charge < -0.3 is 0 Å². The predicted molar refractivity (Wildman–Crippen MR) is 291 cm³/mol. The van der Waals surface area contributed by atoms with Crippen LogP contribution in [0.4, 0.5) is 13.2 Å². The van der Waals surface area contributed by atoms with Crippen LogP contribution in [0.3, 0.4) is 0 Å². The molecule has 5 saturated carbocycles. The van der Waals surface area contributed by atoms with E-state index in [9.17, 15) is 22.8 Å². The molecule has 10 nitrogen and oxygen atoms in total. The molecule has 0 bridgehead atoms. The minimum absolute atomic E-state index is 0.0961. The standard InChI is InChI=1S/C17H22N4O.C15H17F3N4O.2C12H22.2C2H6/c1-4-14(22)8-7-13-9-11(2)16(19-18-13)15-10-21(3)20-17(15)12-5-6-12;1-4-11(23)6-5-10-7-9(2)13(20-19-10)12-8-22(3)21-14(12)15(16,17)18;2*1-3-7-11(8-4-1)12-9-5-2-6-10-12;2*1-2/h9-10,12H,4-8H2,1-3H3;7-8H,4-6H2,1-3H3;2*11-12H,1-10H2;2*1-2H3. The van der Waals surface area contributed by atoms with Crippen molar-refractivity contribution < 1.29 is 22.8 Å². The van der Waals surface area contributed by atoms with E-state index < -0.39 is 11.9 Å². The zero-order valence-electron chi connectivity index (χ0n) is 47.0. The van der Waals surface area contributed by atoms with Crippen LogP contribution in [0.25, 0.3) is 22.5 Å². The molecule has 13 heteroatoms. The first-order chi connectivity index (χ1) is 35.2. The summed E-state index contributed by atoms with van der Waals surface area (Å²) in [6.45, 7) is 15.4. The number of aryl methyl sites for hydroxylation is 6. The summed E-state index contributed by atoms with van der Waals surface area (Å²) in [5.74, 6) is 5.52. The first kappa shape index (κ1) is 61.3. The molecule has 0 aliphatic heterocycles. The van der Waals surface area contributed by atoms with E-state index in [0.717, 1.165) is 56.6 Å². The monoisotopic (exact) mass is 1020 g/mol. The number of ketones is 2. The Morgan fingerprint density at radius 2 is 0.863 bits per heavy atom. The summed E-state index contributed by atoms with van der Waals surface area (Å²) in [5, 5.41) is 24.7. The average molecular weight is 1020 g/mol. The number of carbonyl (C=O) groups is 2. The van der Waals surface area contributed by atoms with Crippen molar-refractivity contribution in [3.63, 3.8) is 0 Å². The highest BCUT2D eigenvalue weighted by Gasteiger charge is 2.38. The molecule has 0 amide bonds. The van der Waals surface area contributed by atoms with E-state index in [1.54, 1.807) is 71.3 Å². The molecule has 0 spiro atoms. The Kier molecular flexibility index (Phi) is 27.0. The van der Waals surface area contributed by atoms with Crippen molar-refractivity contribution >= 4 is 11.6 Å². The van der Waals surface area contributed by atoms with Gasteiger partial charge in [-0.25, -0.2) is 0 Å². The number of nitrogens with zero attached hydrogens (tertiary/aromatic N) is 8. The smallest absolute Gasteiger partial charge is 0.300 e. The summed E-state index contributed by atoms with van der Waals surface area (Å²) in [7, 11) is 3.37. The number of hydrogen-bond acceptors (Lipinski definition) is 8. The van der Waals surface area contributed by atoms with Gasteiger partial charge >= 0.3 is 6.18 Å². The highest BCUT2D eigenvalue weighted by molar-refractivity contribution is 5.78. The summed E-state index contributed by atoms with van der Waals surface area (Å²) in [5.41, 5.74) is 5.38. The average Bonchev–Trinajstić information content (AvgIpc) is 4.09. The van der Waals surface area contributed by atoms with E-state index in [-0.39, 0.29) is 22.8 Å². The van der Waals surface area contributed by atoms with Crippen LogP contribution in [-0.2, 0) is 42.7 Å². The van der Waals surface area contributed by atoms with Gasteiger partial charge in [-0.05, 0) is 86.5 Å². The van der Waals surface area contributed by atoms with Gasteiger partial charge in [0, 0.05) is 63.7 Å². The number of Topliss-reactive ketones (excluding diaryl/α,β-unsaturated/α-hetero) is 2. The third-order valence-electron chi connectivity index (χ3n) is 15.5.